The number of aliphatic hydroxyl groups excluding tert-OH is 1. The molecule has 0 spiro atoms. The van der Waals surface area contributed by atoms with Crippen LogP contribution in [0, 0.1) is 17.3 Å². The summed E-state index contributed by atoms with van der Waals surface area (Å²) in [5.41, 5.74) is 15.2. The topological polar surface area (TPSA) is 185 Å². The van der Waals surface area contributed by atoms with Crippen LogP contribution in [0.1, 0.15) is 120 Å². The number of hydrogen-bond donors (Lipinski definition) is 6. The molecule has 1 aromatic rings. The van der Waals surface area contributed by atoms with E-state index >= 15 is 0 Å². The fourth-order valence-corrected chi connectivity index (χ4v) is 12.3. The zero-order valence-electron chi connectivity index (χ0n) is 33.7. The number of phenols is 1. The Hall–Kier alpha value is -3.23. The molecule has 7 aliphatic rings. The second-order valence-corrected chi connectivity index (χ2v) is 20.1. The smallest absolute Gasteiger partial charge is 0.303 e. The maximum absolute atomic E-state index is 14.1. The summed E-state index contributed by atoms with van der Waals surface area (Å²) in [4.78, 5) is 33.1. The molecule has 6 bridgehead atoms. The molecule has 2 saturated carbocycles. The van der Waals surface area contributed by atoms with Crippen LogP contribution in [0.3, 0.4) is 0 Å². The summed E-state index contributed by atoms with van der Waals surface area (Å²) in [6, 6.07) is 2.08. The first-order valence-corrected chi connectivity index (χ1v) is 23.9. The molecule has 6 atom stereocenters. The minimum Gasteiger partial charge on any atom is -0.504 e. The SMILES string of the molecule is CC(=O)O[C@@]12CCc3cc(c(O)c4c3CC[C@H]3CCC[C@@H]3O4)CN3C[C@@](CC4=CCNC(N)=C4)(CCNC(N)=NCSSCCCCC[C@@H](CC1)[C@H](O)C2)CC3=O. The lowest BCUT2D eigenvalue weighted by atomic mass is 9.72. The molecule has 0 radical (unpaired) electrons. The molecule has 57 heavy (non-hydrogen) atoms. The normalized spacial score (nSPS) is 31.9. The van der Waals surface area contributed by atoms with Gasteiger partial charge in [0.05, 0.1) is 17.8 Å². The van der Waals surface area contributed by atoms with Crippen molar-refractivity contribution in [2.24, 2.45) is 33.7 Å². The van der Waals surface area contributed by atoms with Gasteiger partial charge in [-0.2, -0.15) is 0 Å². The van der Waals surface area contributed by atoms with Gasteiger partial charge in [0.2, 0.25) is 5.91 Å². The summed E-state index contributed by atoms with van der Waals surface area (Å²) in [6.07, 6.45) is 17.7. The predicted molar refractivity (Wildman–Crippen MR) is 227 cm³/mol. The summed E-state index contributed by atoms with van der Waals surface area (Å²) in [7, 11) is 3.50. The second-order valence-electron chi connectivity index (χ2n) is 17.6. The number of dihydropyridines is 1. The Morgan fingerprint density at radius 3 is 2.72 bits per heavy atom. The van der Waals surface area contributed by atoms with Gasteiger partial charge in [0.15, 0.2) is 17.5 Å². The third-order valence-electron chi connectivity index (χ3n) is 13.5. The van der Waals surface area contributed by atoms with Gasteiger partial charge in [-0.1, -0.05) is 40.5 Å². The number of guanidine groups is 1. The number of nitrogens with zero attached hydrogens (tertiary/aromatic N) is 2. The summed E-state index contributed by atoms with van der Waals surface area (Å²) in [6.45, 7) is 3.45. The van der Waals surface area contributed by atoms with Crippen LogP contribution in [0.4, 0.5) is 0 Å². The van der Waals surface area contributed by atoms with Crippen molar-refractivity contribution in [3.8, 4) is 11.5 Å². The number of rotatable bonds is 3. The molecule has 314 valence electrons. The Kier molecular flexibility index (Phi) is 13.8. The van der Waals surface area contributed by atoms with E-state index in [1.807, 2.05) is 11.0 Å². The number of benzene rings is 1. The van der Waals surface area contributed by atoms with E-state index in [0.717, 1.165) is 86.7 Å². The first-order valence-electron chi connectivity index (χ1n) is 21.4. The van der Waals surface area contributed by atoms with Gasteiger partial charge >= 0.3 is 5.97 Å². The molecule has 1 aromatic carbocycles. The molecule has 1 amide bonds. The van der Waals surface area contributed by atoms with Gasteiger partial charge in [-0.15, -0.1) is 0 Å². The fourth-order valence-electron chi connectivity index (χ4n) is 10.5. The zero-order chi connectivity index (χ0) is 40.0. The molecule has 14 heteroatoms. The standard InChI is InChI=1S/C43H64N6O6S2/c1-28(50)55-43-14-11-30(35(51)23-43)6-3-2-4-19-56-57-27-48-41(45)47-18-16-42(22-29-13-17-46-37(44)20-29)24-38(52)49(26-42)25-33-21-32(12-15-43)34-10-9-31-7-5-8-36(31)54-40(34)39(33)53/h13,20-21,30-31,35-36,46,51,53H,2-12,14-19,22-27,44H2,1H3,(H3,45,47,48)/t30-,31+,35+,36-,42+,43+/m0/s1. The number of nitrogens with two attached hydrogens (primary N) is 2. The van der Waals surface area contributed by atoms with Crippen LogP contribution in [0.15, 0.2) is 34.6 Å². The molecule has 5 aliphatic heterocycles. The van der Waals surface area contributed by atoms with E-state index in [2.05, 4.69) is 27.8 Å². The number of carbonyl (C=O) groups is 2. The average molecular weight is 825 g/mol. The van der Waals surface area contributed by atoms with Crippen molar-refractivity contribution in [3.05, 3.63) is 46.3 Å². The third kappa shape index (κ3) is 10.5. The quantitative estimate of drug-likeness (QED) is 0.156. The highest BCUT2D eigenvalue weighted by Gasteiger charge is 2.45. The van der Waals surface area contributed by atoms with Crippen molar-refractivity contribution in [3.63, 3.8) is 0 Å². The highest BCUT2D eigenvalue weighted by atomic mass is 33.1. The molecular formula is C43H64N6O6S2. The van der Waals surface area contributed by atoms with Crippen molar-refractivity contribution in [1.29, 1.82) is 0 Å². The van der Waals surface area contributed by atoms with Crippen LogP contribution < -0.4 is 26.8 Å². The Bertz CT molecular complexity index is 1720. The first kappa shape index (κ1) is 41.9. The van der Waals surface area contributed by atoms with E-state index in [4.69, 9.17) is 20.9 Å². The highest BCUT2D eigenvalue weighted by molar-refractivity contribution is 8.76. The van der Waals surface area contributed by atoms with Crippen molar-refractivity contribution < 1.29 is 29.3 Å². The molecule has 1 saturated heterocycles. The largest absolute Gasteiger partial charge is 0.504 e. The van der Waals surface area contributed by atoms with Gasteiger partial charge in [-0.05, 0) is 119 Å². The van der Waals surface area contributed by atoms with Gasteiger partial charge in [-0.25, -0.2) is 4.99 Å². The van der Waals surface area contributed by atoms with E-state index < -0.39 is 11.7 Å². The number of aliphatic hydroxyl groups is 1. The minimum absolute atomic E-state index is 0.0427. The molecule has 0 aromatic heterocycles. The lowest BCUT2D eigenvalue weighted by molar-refractivity contribution is -0.168. The van der Waals surface area contributed by atoms with Crippen LogP contribution in [0.2, 0.25) is 0 Å². The average Bonchev–Trinajstić information content (AvgIpc) is 3.67. The van der Waals surface area contributed by atoms with Gasteiger partial charge in [0.25, 0.3) is 0 Å². The first-order chi connectivity index (χ1) is 27.5. The lowest BCUT2D eigenvalue weighted by Gasteiger charge is -2.42. The Labute approximate surface area is 346 Å². The predicted octanol–water partition coefficient (Wildman–Crippen LogP) is 5.93. The maximum Gasteiger partial charge on any atom is 0.303 e. The number of aliphatic imine (C=N–C) groups is 1. The van der Waals surface area contributed by atoms with E-state index in [1.54, 1.807) is 21.6 Å². The van der Waals surface area contributed by atoms with E-state index in [-0.39, 0.29) is 41.6 Å². The number of allylic oxidation sites excluding steroid dienone is 2. The maximum atomic E-state index is 14.1. The summed E-state index contributed by atoms with van der Waals surface area (Å²) >= 11 is 0. The minimum atomic E-state index is -0.765. The summed E-state index contributed by atoms with van der Waals surface area (Å²) in [5, 5.41) is 30.0. The Morgan fingerprint density at radius 1 is 1.04 bits per heavy atom. The fraction of sp³-hybridized carbons (Fsp3) is 0.698. The Morgan fingerprint density at radius 2 is 1.89 bits per heavy atom. The molecule has 12 nitrogen and oxygen atoms in total. The van der Waals surface area contributed by atoms with Gasteiger partial charge in [-0.3, -0.25) is 9.59 Å². The van der Waals surface area contributed by atoms with Crippen molar-refractivity contribution in [2.75, 3.05) is 31.3 Å². The molecule has 5 heterocycles. The van der Waals surface area contributed by atoms with Gasteiger partial charge in [0.1, 0.15) is 11.7 Å². The summed E-state index contributed by atoms with van der Waals surface area (Å²) in [5.74, 6) is 3.65. The highest BCUT2D eigenvalue weighted by Crippen LogP contribution is 2.48. The number of carbonyl (C=O) groups excluding carboxylic acids is 2. The van der Waals surface area contributed by atoms with E-state index in [9.17, 15) is 19.8 Å². The van der Waals surface area contributed by atoms with Crippen molar-refractivity contribution >= 4 is 39.4 Å². The molecule has 0 unspecified atom stereocenters. The zero-order valence-corrected chi connectivity index (χ0v) is 35.3. The lowest BCUT2D eigenvalue weighted by Crippen LogP contribution is -2.45. The van der Waals surface area contributed by atoms with E-state index in [1.165, 1.54) is 6.92 Å². The summed E-state index contributed by atoms with van der Waals surface area (Å²) < 4.78 is 12.9. The molecule has 2 aliphatic carbocycles. The van der Waals surface area contributed by atoms with Gasteiger partial charge in [0, 0.05) is 68.2 Å². The number of phenolic OH excluding ortho intramolecular Hbond substituents is 1. The van der Waals surface area contributed by atoms with Gasteiger partial charge < -0.3 is 46.7 Å². The number of esters is 1. The van der Waals surface area contributed by atoms with Crippen LogP contribution in [-0.4, -0.2) is 82.0 Å². The van der Waals surface area contributed by atoms with E-state index in [0.29, 0.717) is 99.5 Å². The third-order valence-corrected chi connectivity index (χ3v) is 15.6. The number of ether oxygens (including phenoxy) is 2. The number of aryl methyl sites for hydroxylation is 1. The van der Waals surface area contributed by atoms with Crippen molar-refractivity contribution in [2.45, 2.75) is 140 Å². The number of hydrogen-bond acceptors (Lipinski definition) is 13. The monoisotopic (exact) mass is 824 g/mol. The number of nitrogens with one attached hydrogen (secondary N) is 2. The molecule has 8 rings (SSSR count). The second kappa shape index (κ2) is 18.8. The number of fused-ring (bicyclic) bond motifs is 16. The molecule has 3 fully saturated rings. The van der Waals surface area contributed by atoms with Crippen LogP contribution in [-0.2, 0) is 33.7 Å². The van der Waals surface area contributed by atoms with Crippen LogP contribution >= 0.6 is 21.6 Å². The van der Waals surface area contributed by atoms with Crippen molar-refractivity contribution in [1.82, 2.24) is 15.5 Å². The Balaban J connectivity index is 1.20. The number of amides is 1. The van der Waals surface area contributed by atoms with Crippen LogP contribution in [0.25, 0.3) is 0 Å². The number of aromatic hydroxyl groups is 1. The molecule has 8 N–H and O–H groups in total. The molecular weight excluding hydrogens is 761 g/mol. The van der Waals surface area contributed by atoms with Crippen LogP contribution in [0.5, 0.6) is 11.5 Å².